The molecule has 0 radical (unpaired) electrons. The van der Waals surface area contributed by atoms with Crippen LogP contribution in [-0.2, 0) is 4.52 Å². The first-order valence-corrected chi connectivity index (χ1v) is 10.3. The second-order valence-electron chi connectivity index (χ2n) is 5.83. The molecular formula is C20H19O3P. The number of hydrogen-bond donors (Lipinski definition) is 1. The van der Waals surface area contributed by atoms with Crippen LogP contribution in [0.5, 0.6) is 0 Å². The molecule has 0 heterocycles. The van der Waals surface area contributed by atoms with Crippen LogP contribution in [-0.4, -0.2) is 17.9 Å². The second kappa shape index (κ2) is 6.10. The van der Waals surface area contributed by atoms with Crippen molar-refractivity contribution in [1.82, 2.24) is 0 Å². The first-order chi connectivity index (χ1) is 11.6. The molecule has 0 aliphatic heterocycles. The molecule has 0 saturated heterocycles. The predicted octanol–water partition coefficient (Wildman–Crippen LogP) is 3.76. The molecule has 4 heteroatoms. The first-order valence-electron chi connectivity index (χ1n) is 7.66. The zero-order valence-corrected chi connectivity index (χ0v) is 14.3. The van der Waals surface area contributed by atoms with Crippen molar-refractivity contribution in [3.8, 4) is 0 Å². The molecule has 3 nitrogen and oxygen atoms in total. The maximum atomic E-state index is 11.8. The first kappa shape index (κ1) is 16.2. The molecule has 0 bridgehead atoms. The van der Waals surface area contributed by atoms with Crippen LogP contribution >= 0.6 is 6.83 Å². The van der Waals surface area contributed by atoms with E-state index >= 15 is 0 Å². The summed E-state index contributed by atoms with van der Waals surface area (Å²) >= 11 is 0. The summed E-state index contributed by atoms with van der Waals surface area (Å²) in [7, 11) is 0. The van der Waals surface area contributed by atoms with Crippen LogP contribution in [0.1, 0.15) is 0 Å². The molecule has 0 fully saturated rings. The van der Waals surface area contributed by atoms with Crippen LogP contribution in [0.25, 0.3) is 0 Å². The van der Waals surface area contributed by atoms with Gasteiger partial charge in [0.25, 0.3) is 0 Å². The molecule has 0 unspecified atom stereocenters. The Morgan fingerprint density at radius 2 is 1.00 bits per heavy atom. The van der Waals surface area contributed by atoms with Crippen LogP contribution in [0, 0.1) is 0 Å². The van der Waals surface area contributed by atoms with Gasteiger partial charge in [-0.3, -0.25) is 0 Å². The third kappa shape index (κ3) is 2.47. The molecule has 122 valence electrons. The van der Waals surface area contributed by atoms with Gasteiger partial charge < -0.3 is 0 Å². The van der Waals surface area contributed by atoms with Crippen molar-refractivity contribution >= 4 is 28.9 Å². The van der Waals surface area contributed by atoms with Crippen molar-refractivity contribution in [2.75, 3.05) is 6.66 Å². The van der Waals surface area contributed by atoms with E-state index in [-0.39, 0.29) is 0 Å². The molecule has 0 aliphatic carbocycles. The summed E-state index contributed by atoms with van der Waals surface area (Å²) in [6.45, 7) is -1.65. The van der Waals surface area contributed by atoms with Gasteiger partial charge in [-0.05, 0) is 0 Å². The topological polar surface area (TPSA) is 46.5 Å². The molecule has 0 aromatic heterocycles. The van der Waals surface area contributed by atoms with E-state index in [1.54, 1.807) is 0 Å². The van der Waals surface area contributed by atoms with E-state index in [2.05, 4.69) is 0 Å². The SMILES string of the molecule is CP(OC(=O)O)(c1ccccc1)(c1ccccc1)c1ccccc1. The summed E-state index contributed by atoms with van der Waals surface area (Å²) in [5.74, 6) is 0. The molecule has 24 heavy (non-hydrogen) atoms. The Kier molecular flexibility index (Phi) is 4.13. The van der Waals surface area contributed by atoms with Gasteiger partial charge in [0.05, 0.1) is 0 Å². The van der Waals surface area contributed by atoms with Gasteiger partial charge >= 0.3 is 141 Å². The summed E-state index contributed by atoms with van der Waals surface area (Å²) in [5.41, 5.74) is 0. The van der Waals surface area contributed by atoms with Gasteiger partial charge in [-0.1, -0.05) is 0 Å². The number of hydrogen-bond acceptors (Lipinski definition) is 2. The van der Waals surface area contributed by atoms with Crippen LogP contribution in [0.15, 0.2) is 91.0 Å². The fourth-order valence-electron chi connectivity index (χ4n) is 3.16. The molecule has 3 rings (SSSR count). The number of rotatable bonds is 4. The Bertz CT molecular complexity index is 733. The van der Waals surface area contributed by atoms with Gasteiger partial charge in [0.15, 0.2) is 0 Å². The average molecular weight is 338 g/mol. The van der Waals surface area contributed by atoms with Crippen LogP contribution in [0.3, 0.4) is 0 Å². The normalized spacial score (nSPS) is 12.8. The minimum atomic E-state index is -3.60. The number of benzene rings is 3. The summed E-state index contributed by atoms with van der Waals surface area (Å²) in [6.07, 6.45) is -1.27. The molecule has 3 aromatic carbocycles. The van der Waals surface area contributed by atoms with Gasteiger partial charge in [-0.2, -0.15) is 0 Å². The summed E-state index contributed by atoms with van der Waals surface area (Å²) < 4.78 is 5.83. The maximum absolute atomic E-state index is 11.8. The Morgan fingerprint density at radius 3 is 1.25 bits per heavy atom. The van der Waals surface area contributed by atoms with E-state index in [0.29, 0.717) is 0 Å². The van der Waals surface area contributed by atoms with Crippen LogP contribution in [0.4, 0.5) is 4.79 Å². The van der Waals surface area contributed by atoms with Crippen LogP contribution < -0.4 is 15.9 Å². The molecular weight excluding hydrogens is 319 g/mol. The van der Waals surface area contributed by atoms with Gasteiger partial charge in [-0.25, -0.2) is 0 Å². The molecule has 0 atom stereocenters. The van der Waals surface area contributed by atoms with Crippen molar-refractivity contribution in [2.24, 2.45) is 0 Å². The molecule has 0 amide bonds. The molecule has 0 spiro atoms. The zero-order chi connectivity index (χ0) is 17.1. The summed E-state index contributed by atoms with van der Waals surface area (Å²) in [5, 5.41) is 12.2. The summed E-state index contributed by atoms with van der Waals surface area (Å²) in [6, 6.07) is 28.9. The Morgan fingerprint density at radius 1 is 0.708 bits per heavy atom. The predicted molar refractivity (Wildman–Crippen MR) is 100 cm³/mol. The minimum absolute atomic E-state index is 0.878. The van der Waals surface area contributed by atoms with E-state index in [1.807, 2.05) is 97.7 Å². The number of carboxylic acid groups (broad SMARTS) is 1. The number of carbonyl (C=O) groups is 1. The van der Waals surface area contributed by atoms with E-state index < -0.39 is 13.0 Å². The van der Waals surface area contributed by atoms with Gasteiger partial charge in [-0.15, -0.1) is 0 Å². The second-order valence-corrected chi connectivity index (χ2v) is 10.5. The van der Waals surface area contributed by atoms with Gasteiger partial charge in [0, 0.05) is 0 Å². The Balaban J connectivity index is 2.45. The molecule has 0 aliphatic rings. The fourth-order valence-corrected chi connectivity index (χ4v) is 7.43. The average Bonchev–Trinajstić information content (AvgIpc) is 2.63. The van der Waals surface area contributed by atoms with E-state index in [4.69, 9.17) is 4.52 Å². The molecule has 3 aromatic rings. The summed E-state index contributed by atoms with van der Waals surface area (Å²) in [4.78, 5) is 11.8. The van der Waals surface area contributed by atoms with Gasteiger partial charge in [0.2, 0.25) is 0 Å². The molecule has 1 N–H and O–H groups in total. The van der Waals surface area contributed by atoms with Crippen molar-refractivity contribution in [2.45, 2.75) is 0 Å². The standard InChI is InChI=1S/C20H19O3P/c1-24(23-20(21)22,17-11-5-2-6-12-17,18-13-7-3-8-14-18)19-15-9-4-10-16-19/h2-16H,1H3,(H,21,22). The van der Waals surface area contributed by atoms with Crippen molar-refractivity contribution in [3.05, 3.63) is 91.0 Å². The van der Waals surface area contributed by atoms with E-state index in [1.165, 1.54) is 0 Å². The quantitative estimate of drug-likeness (QED) is 0.737. The van der Waals surface area contributed by atoms with Crippen molar-refractivity contribution < 1.29 is 14.4 Å². The molecule has 0 saturated carbocycles. The van der Waals surface area contributed by atoms with E-state index in [0.717, 1.165) is 15.9 Å². The van der Waals surface area contributed by atoms with Crippen LogP contribution in [0.2, 0.25) is 0 Å². The fraction of sp³-hybridized carbons (Fsp3) is 0.0500. The van der Waals surface area contributed by atoms with Gasteiger partial charge in [0.1, 0.15) is 0 Å². The monoisotopic (exact) mass is 338 g/mol. The zero-order valence-electron chi connectivity index (χ0n) is 13.4. The van der Waals surface area contributed by atoms with Crippen molar-refractivity contribution in [1.29, 1.82) is 0 Å². The Hall–Kier alpha value is -2.64. The van der Waals surface area contributed by atoms with E-state index in [9.17, 15) is 9.90 Å². The third-order valence-corrected chi connectivity index (χ3v) is 9.68. The third-order valence-electron chi connectivity index (χ3n) is 4.44. The Labute approximate surface area is 141 Å². The van der Waals surface area contributed by atoms with Crippen molar-refractivity contribution in [3.63, 3.8) is 0 Å².